The minimum absolute atomic E-state index is 0.0811. The Morgan fingerprint density at radius 2 is 2.03 bits per heavy atom. The summed E-state index contributed by atoms with van der Waals surface area (Å²) in [5.74, 6) is -2.01. The van der Waals surface area contributed by atoms with Crippen LogP contribution in [0.1, 0.15) is 25.3 Å². The molecule has 2 aliphatic heterocycles. The van der Waals surface area contributed by atoms with Crippen LogP contribution in [-0.2, 0) is 29.2 Å². The van der Waals surface area contributed by atoms with Crippen LogP contribution in [-0.4, -0.2) is 70.2 Å². The van der Waals surface area contributed by atoms with Gasteiger partial charge >= 0.3 is 5.97 Å². The van der Waals surface area contributed by atoms with Crippen LogP contribution in [0.25, 0.3) is 0 Å². The van der Waals surface area contributed by atoms with E-state index in [1.54, 1.807) is 11.8 Å². The zero-order chi connectivity index (χ0) is 21.4. The molecule has 0 aliphatic carbocycles. The fraction of sp³-hybridized carbons (Fsp3) is 0.632. The van der Waals surface area contributed by atoms with E-state index in [1.165, 1.54) is 19.1 Å². The Morgan fingerprint density at radius 1 is 1.31 bits per heavy atom. The summed E-state index contributed by atoms with van der Waals surface area (Å²) in [7, 11) is -7.56. The number of esters is 1. The largest absolute Gasteiger partial charge is 0.466 e. The fourth-order valence-corrected chi connectivity index (χ4v) is 9.08. The van der Waals surface area contributed by atoms with Gasteiger partial charge in [-0.25, -0.2) is 21.2 Å². The number of halogens is 1. The first-order valence-electron chi connectivity index (χ1n) is 9.66. The molecule has 1 aromatic carbocycles. The molecule has 7 nitrogen and oxygen atoms in total. The van der Waals surface area contributed by atoms with Crippen molar-refractivity contribution in [3.63, 3.8) is 0 Å². The van der Waals surface area contributed by atoms with Gasteiger partial charge in [0.25, 0.3) is 0 Å². The van der Waals surface area contributed by atoms with Gasteiger partial charge in [0.05, 0.1) is 34.2 Å². The molecule has 2 saturated heterocycles. The molecule has 10 heteroatoms. The Hall–Kier alpha value is -1.52. The first-order valence-corrected chi connectivity index (χ1v) is 13.0. The first kappa shape index (κ1) is 22.2. The summed E-state index contributed by atoms with van der Waals surface area (Å²) >= 11 is 0. The maximum atomic E-state index is 13.6. The summed E-state index contributed by atoms with van der Waals surface area (Å²) in [4.78, 5) is 13.9. The summed E-state index contributed by atoms with van der Waals surface area (Å²) in [6.07, 6.45) is 1.28. The lowest BCUT2D eigenvalue weighted by atomic mass is 9.96. The number of sulfone groups is 2. The van der Waals surface area contributed by atoms with E-state index in [9.17, 15) is 26.0 Å². The molecule has 2 aliphatic rings. The first-order chi connectivity index (χ1) is 13.5. The Kier molecular flexibility index (Phi) is 6.35. The van der Waals surface area contributed by atoms with Crippen molar-refractivity contribution < 1.29 is 30.8 Å². The highest BCUT2D eigenvalue weighted by atomic mass is 32.2. The van der Waals surface area contributed by atoms with Gasteiger partial charge in [-0.1, -0.05) is 0 Å². The number of nitrogens with zero attached hydrogens (tertiary/aromatic N) is 1. The van der Waals surface area contributed by atoms with Gasteiger partial charge in [0.15, 0.2) is 19.7 Å². The maximum absolute atomic E-state index is 13.6. The second-order valence-electron chi connectivity index (χ2n) is 7.72. The van der Waals surface area contributed by atoms with Crippen molar-refractivity contribution in [1.29, 1.82) is 0 Å². The quantitative estimate of drug-likeness (QED) is 0.496. The van der Waals surface area contributed by atoms with E-state index >= 15 is 0 Å². The molecule has 0 saturated carbocycles. The summed E-state index contributed by atoms with van der Waals surface area (Å²) in [6, 6.07) is 2.76. The number of carbonyl (C=O) groups is 1. The standard InChI is InChI=1S/C19H26FNO6S2/c1-3-27-19(22)14-5-4-8-21(10-14)17-11-28(23,24)12-18(17)29(25,26)15-6-7-16(20)13(2)9-15/h6-7,9,14,17-18H,3-5,8,10-12H2,1-2H3/t14?,17-,18-/m0/s1. The number of likely N-dealkylation sites (tertiary alicyclic amines) is 1. The number of ether oxygens (including phenoxy) is 1. The van der Waals surface area contributed by atoms with E-state index in [1.807, 2.05) is 0 Å². The van der Waals surface area contributed by atoms with E-state index in [0.29, 0.717) is 19.4 Å². The molecule has 3 rings (SSSR count). The highest BCUT2D eigenvalue weighted by Crippen LogP contribution is 2.32. The molecule has 0 aromatic heterocycles. The predicted octanol–water partition coefficient (Wildman–Crippen LogP) is 1.35. The molecule has 0 radical (unpaired) electrons. The molecular formula is C19H26FNO6S2. The highest BCUT2D eigenvalue weighted by molar-refractivity contribution is 7.96. The number of benzene rings is 1. The summed E-state index contributed by atoms with van der Waals surface area (Å²) < 4.78 is 69.9. The van der Waals surface area contributed by atoms with Crippen LogP contribution in [0.5, 0.6) is 0 Å². The van der Waals surface area contributed by atoms with E-state index in [4.69, 9.17) is 4.74 Å². The molecule has 1 aromatic rings. The molecule has 0 amide bonds. The summed E-state index contributed by atoms with van der Waals surface area (Å²) in [6.45, 7) is 4.23. The molecule has 29 heavy (non-hydrogen) atoms. The third-order valence-corrected chi connectivity index (χ3v) is 9.79. The topological polar surface area (TPSA) is 97.8 Å². The third kappa shape index (κ3) is 4.64. The molecule has 3 atom stereocenters. The van der Waals surface area contributed by atoms with Gasteiger partial charge in [0.1, 0.15) is 5.82 Å². The predicted molar refractivity (Wildman–Crippen MR) is 105 cm³/mol. The van der Waals surface area contributed by atoms with Crippen LogP contribution in [0.15, 0.2) is 23.1 Å². The van der Waals surface area contributed by atoms with Crippen molar-refractivity contribution in [2.24, 2.45) is 5.92 Å². The summed E-state index contributed by atoms with van der Waals surface area (Å²) in [5.41, 5.74) is 0.184. The minimum Gasteiger partial charge on any atom is -0.466 e. The molecule has 0 spiro atoms. The normalized spacial score (nSPS) is 27.6. The lowest BCUT2D eigenvalue weighted by molar-refractivity contribution is -0.150. The molecule has 1 unspecified atom stereocenters. The van der Waals surface area contributed by atoms with E-state index in [0.717, 1.165) is 6.07 Å². The van der Waals surface area contributed by atoms with Gasteiger partial charge in [0, 0.05) is 12.6 Å². The van der Waals surface area contributed by atoms with E-state index in [-0.39, 0.29) is 35.3 Å². The van der Waals surface area contributed by atoms with E-state index in [2.05, 4.69) is 0 Å². The molecule has 2 heterocycles. The van der Waals surface area contributed by atoms with Crippen LogP contribution >= 0.6 is 0 Å². The van der Waals surface area contributed by atoms with Crippen molar-refractivity contribution in [2.45, 2.75) is 42.9 Å². The van der Waals surface area contributed by atoms with Gasteiger partial charge < -0.3 is 4.74 Å². The Bertz CT molecular complexity index is 992. The number of piperidine rings is 1. The van der Waals surface area contributed by atoms with Crippen molar-refractivity contribution in [3.05, 3.63) is 29.6 Å². The van der Waals surface area contributed by atoms with Gasteiger partial charge in [0.2, 0.25) is 0 Å². The van der Waals surface area contributed by atoms with Crippen molar-refractivity contribution in [1.82, 2.24) is 4.90 Å². The monoisotopic (exact) mass is 447 g/mol. The summed E-state index contributed by atoms with van der Waals surface area (Å²) in [5, 5.41) is -1.15. The number of aryl methyl sites for hydroxylation is 1. The SMILES string of the molecule is CCOC(=O)C1CCCN([C@H]2CS(=O)(=O)C[C@@H]2S(=O)(=O)c2ccc(F)c(C)c2)C1. The van der Waals surface area contributed by atoms with Crippen molar-refractivity contribution in [2.75, 3.05) is 31.2 Å². The Morgan fingerprint density at radius 3 is 2.69 bits per heavy atom. The van der Waals surface area contributed by atoms with Crippen molar-refractivity contribution >= 4 is 25.6 Å². The molecule has 2 fully saturated rings. The number of carbonyl (C=O) groups excluding carboxylic acids is 1. The minimum atomic E-state index is -4.00. The Balaban J connectivity index is 1.91. The van der Waals surface area contributed by atoms with Gasteiger partial charge in [-0.2, -0.15) is 0 Å². The molecule has 162 valence electrons. The third-order valence-electron chi connectivity index (χ3n) is 5.67. The lowest BCUT2D eigenvalue weighted by Gasteiger charge is -2.37. The number of rotatable bonds is 5. The maximum Gasteiger partial charge on any atom is 0.310 e. The van der Waals surface area contributed by atoms with Gasteiger partial charge in [-0.3, -0.25) is 9.69 Å². The second-order valence-corrected chi connectivity index (χ2v) is 12.0. The molecule has 0 bridgehead atoms. The van der Waals surface area contributed by atoms with Gasteiger partial charge in [-0.05, 0) is 57.0 Å². The van der Waals surface area contributed by atoms with Crippen LogP contribution in [0, 0.1) is 18.7 Å². The lowest BCUT2D eigenvalue weighted by Crippen LogP contribution is -2.51. The van der Waals surface area contributed by atoms with Gasteiger partial charge in [-0.15, -0.1) is 0 Å². The van der Waals surface area contributed by atoms with E-state index < -0.39 is 48.5 Å². The Labute approximate surface area is 171 Å². The van der Waals surface area contributed by atoms with Crippen molar-refractivity contribution in [3.8, 4) is 0 Å². The average Bonchev–Trinajstić information content (AvgIpc) is 3.00. The average molecular weight is 448 g/mol. The molecule has 0 N–H and O–H groups in total. The van der Waals surface area contributed by atoms with Crippen LogP contribution in [0.3, 0.4) is 0 Å². The zero-order valence-electron chi connectivity index (χ0n) is 16.5. The second kappa shape index (κ2) is 8.31. The smallest absolute Gasteiger partial charge is 0.310 e. The molecular weight excluding hydrogens is 421 g/mol. The number of hydrogen-bond acceptors (Lipinski definition) is 7. The van der Waals surface area contributed by atoms with Crippen LogP contribution in [0.4, 0.5) is 4.39 Å². The van der Waals surface area contributed by atoms with Crippen LogP contribution < -0.4 is 0 Å². The highest BCUT2D eigenvalue weighted by Gasteiger charge is 2.49. The zero-order valence-corrected chi connectivity index (χ0v) is 18.1. The number of hydrogen-bond donors (Lipinski definition) is 0. The fourth-order valence-electron chi connectivity index (χ4n) is 4.16. The van der Waals surface area contributed by atoms with Crippen LogP contribution in [0.2, 0.25) is 0 Å².